The summed E-state index contributed by atoms with van der Waals surface area (Å²) in [5, 5.41) is 20.1. The second-order valence-electron chi connectivity index (χ2n) is 10.5. The van der Waals surface area contributed by atoms with Crippen molar-refractivity contribution in [2.75, 3.05) is 0 Å². The number of aliphatic hydroxyl groups excluding tert-OH is 2. The molecular weight excluding hydrogens is 494 g/mol. The van der Waals surface area contributed by atoms with E-state index in [0.717, 1.165) is 44.9 Å². The van der Waals surface area contributed by atoms with Crippen LogP contribution in [0.2, 0.25) is 0 Å². The Labute approximate surface area is 232 Å². The van der Waals surface area contributed by atoms with Gasteiger partial charge in [-0.3, -0.25) is 14.6 Å². The first kappa shape index (κ1) is 30.5. The number of benzene rings is 1. The summed E-state index contributed by atoms with van der Waals surface area (Å²) in [6.07, 6.45) is 16.0. The van der Waals surface area contributed by atoms with E-state index in [2.05, 4.69) is 47.5 Å². The van der Waals surface area contributed by atoms with Crippen LogP contribution in [-0.2, 0) is 34.0 Å². The SMILES string of the molecule is Cc1ncc(CO)c(COC=O)c1OC(=O)CCC/C=C\C[C@H]1CC[C@@H](O)[C@@H]1CCCCCc1ccccc1. The Morgan fingerprint density at radius 1 is 1.10 bits per heavy atom. The van der Waals surface area contributed by atoms with Gasteiger partial charge in [0.05, 0.1) is 18.4 Å². The summed E-state index contributed by atoms with van der Waals surface area (Å²) in [6.45, 7) is 1.62. The Morgan fingerprint density at radius 3 is 2.69 bits per heavy atom. The number of carbonyl (C=O) groups excluding carboxylic acids is 2. The van der Waals surface area contributed by atoms with Crippen LogP contribution in [0.4, 0.5) is 0 Å². The minimum Gasteiger partial charge on any atom is -0.463 e. The molecule has 1 heterocycles. The third-order valence-corrected chi connectivity index (χ3v) is 7.72. The first-order chi connectivity index (χ1) is 19.0. The van der Waals surface area contributed by atoms with E-state index in [4.69, 9.17) is 9.47 Å². The van der Waals surface area contributed by atoms with Gasteiger partial charge in [-0.25, -0.2) is 0 Å². The molecule has 2 N–H and O–H groups in total. The van der Waals surface area contributed by atoms with E-state index in [0.29, 0.717) is 41.5 Å². The molecule has 1 aromatic carbocycles. The number of aromatic nitrogens is 1. The van der Waals surface area contributed by atoms with Gasteiger partial charge in [-0.05, 0) is 75.7 Å². The zero-order valence-electron chi connectivity index (χ0n) is 23.1. The highest BCUT2D eigenvalue weighted by molar-refractivity contribution is 5.73. The van der Waals surface area contributed by atoms with E-state index in [-0.39, 0.29) is 37.5 Å². The van der Waals surface area contributed by atoms with Crippen LogP contribution in [0.5, 0.6) is 5.75 Å². The predicted octanol–water partition coefficient (Wildman–Crippen LogP) is 5.77. The van der Waals surface area contributed by atoms with Gasteiger partial charge in [-0.2, -0.15) is 0 Å². The van der Waals surface area contributed by atoms with Gasteiger partial charge in [-0.1, -0.05) is 55.3 Å². The van der Waals surface area contributed by atoms with Crippen molar-refractivity contribution in [1.29, 1.82) is 0 Å². The Kier molecular flexibility index (Phi) is 13.2. The van der Waals surface area contributed by atoms with Crippen molar-refractivity contribution in [2.24, 2.45) is 11.8 Å². The highest BCUT2D eigenvalue weighted by Gasteiger charge is 2.33. The van der Waals surface area contributed by atoms with Crippen LogP contribution in [-0.4, -0.2) is 33.7 Å². The number of aliphatic hydroxyl groups is 2. The molecule has 0 saturated heterocycles. The fourth-order valence-corrected chi connectivity index (χ4v) is 5.52. The number of unbranched alkanes of at least 4 members (excludes halogenated alkanes) is 3. The fraction of sp³-hybridized carbons (Fsp3) is 0.531. The van der Waals surface area contributed by atoms with E-state index >= 15 is 0 Å². The summed E-state index contributed by atoms with van der Waals surface area (Å²) in [4.78, 5) is 27.3. The normalized spacial score (nSPS) is 18.9. The first-order valence-corrected chi connectivity index (χ1v) is 14.2. The molecule has 3 rings (SSSR count). The van der Waals surface area contributed by atoms with Gasteiger partial charge in [0, 0.05) is 23.7 Å². The number of rotatable bonds is 17. The van der Waals surface area contributed by atoms with Crippen LogP contribution in [0.15, 0.2) is 48.7 Å². The second kappa shape index (κ2) is 16.8. The molecule has 1 aliphatic carbocycles. The lowest BCUT2D eigenvalue weighted by Gasteiger charge is -2.21. The molecule has 1 fully saturated rings. The smallest absolute Gasteiger partial charge is 0.311 e. The molecule has 0 radical (unpaired) electrons. The molecule has 3 atom stereocenters. The van der Waals surface area contributed by atoms with Gasteiger partial charge in [-0.15, -0.1) is 0 Å². The number of carbonyl (C=O) groups is 2. The number of nitrogens with zero attached hydrogens (tertiary/aromatic N) is 1. The van der Waals surface area contributed by atoms with Gasteiger partial charge in [0.2, 0.25) is 0 Å². The van der Waals surface area contributed by atoms with Crippen molar-refractivity contribution >= 4 is 12.4 Å². The van der Waals surface area contributed by atoms with Crippen molar-refractivity contribution in [3.05, 3.63) is 71.1 Å². The maximum Gasteiger partial charge on any atom is 0.311 e. The largest absolute Gasteiger partial charge is 0.463 e. The van der Waals surface area contributed by atoms with Gasteiger partial charge in [0.15, 0.2) is 5.75 Å². The summed E-state index contributed by atoms with van der Waals surface area (Å²) in [6, 6.07) is 10.6. The van der Waals surface area contributed by atoms with Crippen molar-refractivity contribution in [3.63, 3.8) is 0 Å². The number of hydrogen-bond donors (Lipinski definition) is 2. The average molecular weight is 538 g/mol. The molecule has 0 bridgehead atoms. The molecule has 2 aromatic rings. The number of hydrogen-bond acceptors (Lipinski definition) is 7. The summed E-state index contributed by atoms with van der Waals surface area (Å²) >= 11 is 0. The predicted molar refractivity (Wildman–Crippen MR) is 150 cm³/mol. The van der Waals surface area contributed by atoms with E-state index in [1.54, 1.807) is 6.92 Å². The lowest BCUT2D eigenvalue weighted by atomic mass is 9.87. The Balaban J connectivity index is 1.36. The van der Waals surface area contributed by atoms with Crippen LogP contribution in [0.3, 0.4) is 0 Å². The standard InChI is InChI=1S/C32H43NO6/c1-24-32(29(22-38-23-35)27(21-34)20-33-24)39-31(37)17-11-3-2-9-15-26-18-19-30(36)28(26)16-10-5-8-14-25-12-6-4-7-13-25/h2,4,6-7,9,12-13,20,23,26,28,30,34,36H,3,5,8,10-11,14-19,21-22H2,1H3/b9-2-/t26-,28+,30+/m0/s1. The first-order valence-electron chi connectivity index (χ1n) is 14.2. The summed E-state index contributed by atoms with van der Waals surface area (Å²) in [5.74, 6) is 0.763. The van der Waals surface area contributed by atoms with Gasteiger partial charge in [0.1, 0.15) is 6.61 Å². The maximum atomic E-state index is 12.5. The lowest BCUT2D eigenvalue weighted by Crippen LogP contribution is -2.18. The van der Waals surface area contributed by atoms with E-state index in [9.17, 15) is 19.8 Å². The van der Waals surface area contributed by atoms with Crippen LogP contribution < -0.4 is 4.74 Å². The third kappa shape index (κ3) is 9.90. The second-order valence-corrected chi connectivity index (χ2v) is 10.5. The van der Waals surface area contributed by atoms with Crippen molar-refractivity contribution < 1.29 is 29.3 Å². The highest BCUT2D eigenvalue weighted by atomic mass is 16.5. The molecular formula is C32H43NO6. The number of pyridine rings is 1. The molecule has 1 aliphatic rings. The Hall–Kier alpha value is -3.03. The Morgan fingerprint density at radius 2 is 1.92 bits per heavy atom. The van der Waals surface area contributed by atoms with Crippen LogP contribution in [0.1, 0.15) is 86.6 Å². The van der Waals surface area contributed by atoms with Crippen molar-refractivity contribution in [1.82, 2.24) is 4.98 Å². The van der Waals surface area contributed by atoms with Crippen molar-refractivity contribution in [3.8, 4) is 5.75 Å². The van der Waals surface area contributed by atoms with E-state index < -0.39 is 0 Å². The minimum atomic E-state index is -0.387. The topological polar surface area (TPSA) is 106 Å². The molecule has 7 nitrogen and oxygen atoms in total. The van der Waals surface area contributed by atoms with Crippen LogP contribution >= 0.6 is 0 Å². The number of esters is 1. The molecule has 39 heavy (non-hydrogen) atoms. The summed E-state index contributed by atoms with van der Waals surface area (Å²) in [7, 11) is 0. The molecule has 7 heteroatoms. The van der Waals surface area contributed by atoms with Gasteiger partial charge < -0.3 is 19.7 Å². The van der Waals surface area contributed by atoms with Gasteiger partial charge in [0.25, 0.3) is 6.47 Å². The number of allylic oxidation sites excluding steroid dienone is 2. The highest BCUT2D eigenvalue weighted by Crippen LogP contribution is 2.38. The number of aryl methyl sites for hydroxylation is 2. The quantitative estimate of drug-likeness (QED) is 0.114. The van der Waals surface area contributed by atoms with Crippen molar-refractivity contribution in [2.45, 2.75) is 96.9 Å². The van der Waals surface area contributed by atoms with E-state index in [1.807, 2.05) is 0 Å². The minimum absolute atomic E-state index is 0.0986. The Bertz CT molecular complexity index is 1050. The molecule has 212 valence electrons. The average Bonchev–Trinajstić information content (AvgIpc) is 3.30. The zero-order chi connectivity index (χ0) is 27.9. The van der Waals surface area contributed by atoms with Gasteiger partial charge >= 0.3 is 5.97 Å². The molecule has 0 spiro atoms. The number of ether oxygens (including phenoxy) is 2. The zero-order valence-corrected chi connectivity index (χ0v) is 23.1. The summed E-state index contributed by atoms with van der Waals surface area (Å²) in [5.41, 5.74) is 2.80. The fourth-order valence-electron chi connectivity index (χ4n) is 5.52. The third-order valence-electron chi connectivity index (χ3n) is 7.72. The molecule has 1 aromatic heterocycles. The van der Waals surface area contributed by atoms with Crippen LogP contribution in [0.25, 0.3) is 0 Å². The lowest BCUT2D eigenvalue weighted by molar-refractivity contribution is -0.134. The van der Waals surface area contributed by atoms with E-state index in [1.165, 1.54) is 24.6 Å². The monoisotopic (exact) mass is 537 g/mol. The molecule has 1 saturated carbocycles. The molecule has 0 unspecified atom stereocenters. The van der Waals surface area contributed by atoms with Crippen LogP contribution in [0, 0.1) is 18.8 Å². The summed E-state index contributed by atoms with van der Waals surface area (Å²) < 4.78 is 10.4. The molecule has 0 aliphatic heterocycles. The molecule has 0 amide bonds. The maximum absolute atomic E-state index is 12.5.